The lowest BCUT2D eigenvalue weighted by molar-refractivity contribution is 0.485. The fourth-order valence-electron chi connectivity index (χ4n) is 1.63. The van der Waals surface area contributed by atoms with Crippen LogP contribution in [-0.2, 0) is 0 Å². The van der Waals surface area contributed by atoms with Crippen LogP contribution in [0, 0.1) is 0 Å². The van der Waals surface area contributed by atoms with Gasteiger partial charge in [-0.1, -0.05) is 30.3 Å². The third-order valence-corrected chi connectivity index (χ3v) is 3.18. The first kappa shape index (κ1) is 12.3. The van der Waals surface area contributed by atoms with Gasteiger partial charge in [0.05, 0.1) is 0 Å². The van der Waals surface area contributed by atoms with E-state index in [0.29, 0.717) is 11.7 Å². The second-order valence-electron chi connectivity index (χ2n) is 3.82. The molecule has 0 aliphatic carbocycles. The summed E-state index contributed by atoms with van der Waals surface area (Å²) in [6.45, 7) is 0. The molecule has 1 aromatic carbocycles. The Morgan fingerprint density at radius 3 is 2.42 bits per heavy atom. The Morgan fingerprint density at radius 1 is 0.947 bits per heavy atom. The maximum Gasteiger partial charge on any atom is 0.283 e. The molecule has 96 valence electrons. The standard InChI is InChI=1S/C13H8Cl2N2O2/c14-10-7-6-9(18-10)12-16-17-13(19-12)11(15)8-4-2-1-3-5-8/h1-7,11H. The Kier molecular flexibility index (Phi) is 3.27. The van der Waals surface area contributed by atoms with Crippen molar-refractivity contribution in [2.24, 2.45) is 0 Å². The van der Waals surface area contributed by atoms with E-state index >= 15 is 0 Å². The maximum absolute atomic E-state index is 6.28. The first-order valence-corrected chi connectivity index (χ1v) is 6.33. The van der Waals surface area contributed by atoms with Gasteiger partial charge in [0.25, 0.3) is 5.89 Å². The van der Waals surface area contributed by atoms with E-state index in [-0.39, 0.29) is 11.1 Å². The molecule has 3 aromatic rings. The summed E-state index contributed by atoms with van der Waals surface area (Å²) in [6.07, 6.45) is 0. The van der Waals surface area contributed by atoms with Crippen LogP contribution < -0.4 is 0 Å². The molecule has 0 aliphatic rings. The van der Waals surface area contributed by atoms with E-state index in [1.165, 1.54) is 0 Å². The van der Waals surface area contributed by atoms with E-state index in [9.17, 15) is 0 Å². The van der Waals surface area contributed by atoms with Crippen molar-refractivity contribution in [2.75, 3.05) is 0 Å². The summed E-state index contributed by atoms with van der Waals surface area (Å²) >= 11 is 12.0. The van der Waals surface area contributed by atoms with Crippen LogP contribution in [0.4, 0.5) is 0 Å². The summed E-state index contributed by atoms with van der Waals surface area (Å²) in [5.41, 5.74) is 0.886. The maximum atomic E-state index is 6.28. The summed E-state index contributed by atoms with van der Waals surface area (Å²) in [5.74, 6) is 0.986. The molecule has 1 unspecified atom stereocenters. The van der Waals surface area contributed by atoms with E-state index in [2.05, 4.69) is 10.2 Å². The average molecular weight is 295 g/mol. The average Bonchev–Trinajstić information content (AvgIpc) is 3.07. The Bertz CT molecular complexity index is 679. The second-order valence-corrected chi connectivity index (χ2v) is 4.63. The summed E-state index contributed by atoms with van der Waals surface area (Å²) < 4.78 is 10.7. The van der Waals surface area contributed by atoms with Crippen LogP contribution >= 0.6 is 23.2 Å². The monoisotopic (exact) mass is 294 g/mol. The predicted molar refractivity (Wildman–Crippen MR) is 71.1 cm³/mol. The number of hydrogen-bond acceptors (Lipinski definition) is 4. The summed E-state index contributed by atoms with van der Waals surface area (Å²) in [4.78, 5) is 0. The summed E-state index contributed by atoms with van der Waals surface area (Å²) in [7, 11) is 0. The Balaban J connectivity index is 1.89. The summed E-state index contributed by atoms with van der Waals surface area (Å²) in [5, 5.41) is 7.59. The number of alkyl halides is 1. The number of benzene rings is 1. The number of rotatable bonds is 3. The van der Waals surface area contributed by atoms with Gasteiger partial charge in [-0.05, 0) is 29.3 Å². The first-order chi connectivity index (χ1) is 9.24. The molecule has 19 heavy (non-hydrogen) atoms. The van der Waals surface area contributed by atoms with Crippen LogP contribution in [0.5, 0.6) is 0 Å². The van der Waals surface area contributed by atoms with Crippen LogP contribution in [0.1, 0.15) is 16.8 Å². The van der Waals surface area contributed by atoms with Gasteiger partial charge in [0, 0.05) is 0 Å². The molecule has 0 fully saturated rings. The van der Waals surface area contributed by atoms with E-state index in [1.54, 1.807) is 12.1 Å². The van der Waals surface area contributed by atoms with Gasteiger partial charge in [0.2, 0.25) is 5.89 Å². The number of hydrogen-bond donors (Lipinski definition) is 0. The molecule has 2 heterocycles. The van der Waals surface area contributed by atoms with Gasteiger partial charge in [-0.3, -0.25) is 0 Å². The molecule has 0 spiro atoms. The molecule has 0 saturated carbocycles. The van der Waals surface area contributed by atoms with E-state index < -0.39 is 5.38 Å². The van der Waals surface area contributed by atoms with Crippen molar-refractivity contribution in [3.8, 4) is 11.7 Å². The number of halogens is 2. The van der Waals surface area contributed by atoms with Crippen molar-refractivity contribution in [3.63, 3.8) is 0 Å². The number of aromatic nitrogens is 2. The summed E-state index contributed by atoms with van der Waals surface area (Å²) in [6, 6.07) is 12.8. The highest BCUT2D eigenvalue weighted by Crippen LogP contribution is 2.30. The van der Waals surface area contributed by atoms with Gasteiger partial charge in [-0.25, -0.2) is 0 Å². The second kappa shape index (κ2) is 5.07. The van der Waals surface area contributed by atoms with Gasteiger partial charge in [0.1, 0.15) is 5.38 Å². The fraction of sp³-hybridized carbons (Fsp3) is 0.0769. The van der Waals surface area contributed by atoms with Gasteiger partial charge in [0.15, 0.2) is 11.0 Å². The molecule has 6 heteroatoms. The molecule has 1 atom stereocenters. The molecule has 0 radical (unpaired) electrons. The molecule has 0 bridgehead atoms. The lowest BCUT2D eigenvalue weighted by Crippen LogP contribution is -1.92. The lowest BCUT2D eigenvalue weighted by atomic mass is 10.1. The normalized spacial score (nSPS) is 12.5. The highest BCUT2D eigenvalue weighted by Gasteiger charge is 2.19. The molecular formula is C13H8Cl2N2O2. The van der Waals surface area contributed by atoms with Crippen molar-refractivity contribution in [1.29, 1.82) is 0 Å². The smallest absolute Gasteiger partial charge is 0.283 e. The number of furan rings is 1. The van der Waals surface area contributed by atoms with Crippen molar-refractivity contribution in [1.82, 2.24) is 10.2 Å². The third-order valence-electron chi connectivity index (χ3n) is 2.53. The fourth-order valence-corrected chi connectivity index (χ4v) is 2.01. The zero-order valence-electron chi connectivity index (χ0n) is 9.59. The van der Waals surface area contributed by atoms with Crippen molar-refractivity contribution in [3.05, 3.63) is 59.1 Å². The molecule has 4 nitrogen and oxygen atoms in total. The topological polar surface area (TPSA) is 52.1 Å². The quantitative estimate of drug-likeness (QED) is 0.675. The van der Waals surface area contributed by atoms with Crippen LogP contribution in [0.15, 0.2) is 51.3 Å². The largest absolute Gasteiger partial charge is 0.440 e. The molecule has 0 aliphatic heterocycles. The highest BCUT2D eigenvalue weighted by molar-refractivity contribution is 6.28. The van der Waals surface area contributed by atoms with Crippen molar-refractivity contribution >= 4 is 23.2 Å². The van der Waals surface area contributed by atoms with Crippen molar-refractivity contribution in [2.45, 2.75) is 5.38 Å². The van der Waals surface area contributed by atoms with E-state index in [0.717, 1.165) is 5.56 Å². The van der Waals surface area contributed by atoms with Crippen LogP contribution in [0.25, 0.3) is 11.7 Å². The highest BCUT2D eigenvalue weighted by atomic mass is 35.5. The predicted octanol–water partition coefficient (Wildman–Crippen LogP) is 4.31. The van der Waals surface area contributed by atoms with Gasteiger partial charge in [-0.2, -0.15) is 0 Å². The number of nitrogens with zero attached hydrogens (tertiary/aromatic N) is 2. The SMILES string of the molecule is Clc1ccc(-c2nnc(C(Cl)c3ccccc3)o2)o1. The minimum Gasteiger partial charge on any atom is -0.440 e. The minimum absolute atomic E-state index is 0.253. The zero-order chi connectivity index (χ0) is 13.2. The van der Waals surface area contributed by atoms with Crippen LogP contribution in [0.3, 0.4) is 0 Å². The molecular weight excluding hydrogens is 287 g/mol. The van der Waals surface area contributed by atoms with E-state index in [4.69, 9.17) is 32.0 Å². The minimum atomic E-state index is -0.493. The molecule has 3 rings (SSSR count). The molecule has 0 saturated heterocycles. The van der Waals surface area contributed by atoms with E-state index in [1.807, 2.05) is 30.3 Å². The Hall–Kier alpha value is -1.78. The van der Waals surface area contributed by atoms with Crippen LogP contribution in [-0.4, -0.2) is 10.2 Å². The zero-order valence-corrected chi connectivity index (χ0v) is 11.1. The van der Waals surface area contributed by atoms with Gasteiger partial charge >= 0.3 is 0 Å². The molecule has 0 amide bonds. The lowest BCUT2D eigenvalue weighted by Gasteiger charge is -2.03. The molecule has 0 N–H and O–H groups in total. The Labute approximate surface area is 119 Å². The van der Waals surface area contributed by atoms with Crippen molar-refractivity contribution < 1.29 is 8.83 Å². The third kappa shape index (κ3) is 2.50. The van der Waals surface area contributed by atoms with Gasteiger partial charge < -0.3 is 8.83 Å². The van der Waals surface area contributed by atoms with Crippen LogP contribution in [0.2, 0.25) is 5.22 Å². The first-order valence-electron chi connectivity index (χ1n) is 5.52. The van der Waals surface area contributed by atoms with Gasteiger partial charge in [-0.15, -0.1) is 21.8 Å². The Morgan fingerprint density at radius 2 is 1.74 bits per heavy atom. The molecule has 2 aromatic heterocycles.